The number of hydrogen-bond donors (Lipinski definition) is 1. The van der Waals surface area contributed by atoms with E-state index in [1.807, 2.05) is 13.8 Å². The van der Waals surface area contributed by atoms with E-state index in [1.165, 1.54) is 18.5 Å². The molecule has 31 heavy (non-hydrogen) atoms. The SMILES string of the molecule is C/C(=C\c1cnccc1C(=O)NCC(=O)N1CC(F)(F)CC1C#N)c1c(C)noc1C. The summed E-state index contributed by atoms with van der Waals surface area (Å²) >= 11 is 0. The van der Waals surface area contributed by atoms with E-state index in [0.717, 1.165) is 16.0 Å². The van der Waals surface area contributed by atoms with Crippen molar-refractivity contribution in [1.82, 2.24) is 20.4 Å². The zero-order chi connectivity index (χ0) is 22.8. The molecule has 0 saturated carbocycles. The maximum absolute atomic E-state index is 13.5. The molecule has 8 nitrogen and oxygen atoms in total. The van der Waals surface area contributed by atoms with Gasteiger partial charge in [-0.25, -0.2) is 8.78 Å². The van der Waals surface area contributed by atoms with Crippen molar-refractivity contribution in [3.63, 3.8) is 0 Å². The molecule has 10 heteroatoms. The number of allylic oxidation sites excluding steroid dienone is 1. The number of rotatable bonds is 5. The Morgan fingerprint density at radius 3 is 2.84 bits per heavy atom. The molecule has 2 aromatic rings. The third-order valence-corrected chi connectivity index (χ3v) is 5.04. The number of nitriles is 1. The number of aromatic nitrogens is 2. The van der Waals surface area contributed by atoms with E-state index in [4.69, 9.17) is 9.78 Å². The van der Waals surface area contributed by atoms with Crippen LogP contribution in [-0.4, -0.2) is 51.9 Å². The third-order valence-electron chi connectivity index (χ3n) is 5.04. The fraction of sp³-hybridized carbons (Fsp3) is 0.381. The number of alkyl halides is 2. The second-order valence-electron chi connectivity index (χ2n) is 7.40. The molecule has 1 saturated heterocycles. The number of pyridine rings is 1. The standard InChI is InChI=1S/C21H21F2N5O3/c1-12(19-13(2)27-31-14(19)3)6-15-9-25-5-4-17(15)20(30)26-10-18(29)28-11-21(22,23)7-16(28)8-24/h4-6,9,16H,7,10-11H2,1-3H3,(H,26,30)/b12-6+. The molecule has 1 aliphatic rings. The molecular formula is C21H21F2N5O3. The number of carbonyl (C=O) groups excluding carboxylic acids is 2. The summed E-state index contributed by atoms with van der Waals surface area (Å²) in [5.74, 6) is -3.77. The summed E-state index contributed by atoms with van der Waals surface area (Å²) in [6.45, 7) is 4.11. The Balaban J connectivity index is 1.74. The predicted molar refractivity (Wildman–Crippen MR) is 107 cm³/mol. The van der Waals surface area contributed by atoms with Crippen LogP contribution in [0.4, 0.5) is 8.78 Å². The molecule has 3 rings (SSSR count). The van der Waals surface area contributed by atoms with Gasteiger partial charge >= 0.3 is 0 Å². The van der Waals surface area contributed by atoms with Crippen molar-refractivity contribution in [2.24, 2.45) is 0 Å². The van der Waals surface area contributed by atoms with Gasteiger partial charge in [0.1, 0.15) is 11.8 Å². The summed E-state index contributed by atoms with van der Waals surface area (Å²) in [5.41, 5.74) is 3.11. The molecule has 0 bridgehead atoms. The Bertz CT molecular complexity index is 1070. The van der Waals surface area contributed by atoms with Gasteiger partial charge in [0.2, 0.25) is 5.91 Å². The van der Waals surface area contributed by atoms with E-state index in [1.54, 1.807) is 19.1 Å². The molecule has 0 spiro atoms. The Kier molecular flexibility index (Phi) is 6.15. The number of nitrogens with one attached hydrogen (secondary N) is 1. The van der Waals surface area contributed by atoms with Gasteiger partial charge in [0.25, 0.3) is 11.8 Å². The molecule has 0 aromatic carbocycles. The number of likely N-dealkylation sites (tertiary alicyclic amines) is 1. The highest BCUT2D eigenvalue weighted by Crippen LogP contribution is 2.31. The average Bonchev–Trinajstić information content (AvgIpc) is 3.23. The maximum atomic E-state index is 13.5. The minimum Gasteiger partial charge on any atom is -0.361 e. The molecule has 3 heterocycles. The molecule has 1 aliphatic heterocycles. The van der Waals surface area contributed by atoms with Crippen LogP contribution in [0.25, 0.3) is 11.6 Å². The van der Waals surface area contributed by atoms with Gasteiger partial charge in [-0.1, -0.05) is 5.16 Å². The van der Waals surface area contributed by atoms with Crippen molar-refractivity contribution in [2.75, 3.05) is 13.1 Å². The van der Waals surface area contributed by atoms with Gasteiger partial charge in [0.05, 0.1) is 24.9 Å². The summed E-state index contributed by atoms with van der Waals surface area (Å²) in [6.07, 6.45) is 3.99. The zero-order valence-corrected chi connectivity index (χ0v) is 17.3. The Hall–Kier alpha value is -3.61. The van der Waals surface area contributed by atoms with Crippen LogP contribution >= 0.6 is 0 Å². The maximum Gasteiger partial charge on any atom is 0.268 e. The van der Waals surface area contributed by atoms with E-state index in [-0.39, 0.29) is 5.56 Å². The second-order valence-corrected chi connectivity index (χ2v) is 7.40. The van der Waals surface area contributed by atoms with Crippen molar-refractivity contribution in [2.45, 2.75) is 39.2 Å². The van der Waals surface area contributed by atoms with Crippen molar-refractivity contribution in [3.05, 3.63) is 46.6 Å². The van der Waals surface area contributed by atoms with E-state index in [0.29, 0.717) is 17.0 Å². The largest absolute Gasteiger partial charge is 0.361 e. The minimum atomic E-state index is -3.11. The predicted octanol–water partition coefficient (Wildman–Crippen LogP) is 2.74. The number of carbonyl (C=O) groups is 2. The van der Waals surface area contributed by atoms with E-state index < -0.39 is 43.3 Å². The topological polar surface area (TPSA) is 112 Å². The zero-order valence-electron chi connectivity index (χ0n) is 17.3. The first-order valence-corrected chi connectivity index (χ1v) is 9.53. The first-order valence-electron chi connectivity index (χ1n) is 9.53. The number of aryl methyl sites for hydroxylation is 2. The quantitative estimate of drug-likeness (QED) is 0.782. The summed E-state index contributed by atoms with van der Waals surface area (Å²) in [7, 11) is 0. The number of halogens is 2. The lowest BCUT2D eigenvalue weighted by Crippen LogP contribution is -2.43. The van der Waals surface area contributed by atoms with Gasteiger partial charge in [0, 0.05) is 35.5 Å². The summed E-state index contributed by atoms with van der Waals surface area (Å²) < 4.78 is 32.3. The van der Waals surface area contributed by atoms with Crippen LogP contribution in [0.15, 0.2) is 23.0 Å². The summed E-state index contributed by atoms with van der Waals surface area (Å²) in [4.78, 5) is 29.8. The van der Waals surface area contributed by atoms with Crippen molar-refractivity contribution in [1.29, 1.82) is 5.26 Å². The monoisotopic (exact) mass is 429 g/mol. The lowest BCUT2D eigenvalue weighted by atomic mass is 10.0. The Labute approximate surface area is 177 Å². The highest BCUT2D eigenvalue weighted by atomic mass is 19.3. The van der Waals surface area contributed by atoms with Gasteiger partial charge in [-0.2, -0.15) is 5.26 Å². The Morgan fingerprint density at radius 2 is 2.19 bits per heavy atom. The molecule has 162 valence electrons. The third kappa shape index (κ3) is 4.77. The second kappa shape index (κ2) is 8.63. The van der Waals surface area contributed by atoms with Crippen LogP contribution < -0.4 is 5.32 Å². The van der Waals surface area contributed by atoms with E-state index in [2.05, 4.69) is 15.5 Å². The molecular weight excluding hydrogens is 408 g/mol. The lowest BCUT2D eigenvalue weighted by molar-refractivity contribution is -0.131. The van der Waals surface area contributed by atoms with Crippen LogP contribution in [0.3, 0.4) is 0 Å². The highest BCUT2D eigenvalue weighted by molar-refractivity contribution is 6.01. The molecule has 0 radical (unpaired) electrons. The molecule has 1 fully saturated rings. The first kappa shape index (κ1) is 22.1. The fourth-order valence-electron chi connectivity index (χ4n) is 3.63. The summed E-state index contributed by atoms with van der Waals surface area (Å²) in [5, 5.41) is 15.4. The summed E-state index contributed by atoms with van der Waals surface area (Å²) in [6, 6.07) is 1.99. The smallest absolute Gasteiger partial charge is 0.268 e. The molecule has 0 aliphatic carbocycles. The van der Waals surface area contributed by atoms with Gasteiger partial charge in [-0.15, -0.1) is 0 Å². The minimum absolute atomic E-state index is 0.262. The number of amides is 2. The van der Waals surface area contributed by atoms with Gasteiger partial charge in [-0.05, 0) is 38.5 Å². The van der Waals surface area contributed by atoms with E-state index >= 15 is 0 Å². The van der Waals surface area contributed by atoms with Crippen LogP contribution in [-0.2, 0) is 4.79 Å². The lowest BCUT2D eigenvalue weighted by Gasteiger charge is -2.19. The molecule has 1 unspecified atom stereocenters. The number of nitrogens with zero attached hydrogens (tertiary/aromatic N) is 4. The van der Waals surface area contributed by atoms with Gasteiger partial charge < -0.3 is 14.7 Å². The molecule has 1 N–H and O–H groups in total. The van der Waals surface area contributed by atoms with Crippen LogP contribution in [0.1, 0.15) is 46.3 Å². The van der Waals surface area contributed by atoms with Crippen molar-refractivity contribution < 1.29 is 22.9 Å². The highest BCUT2D eigenvalue weighted by Gasteiger charge is 2.47. The number of hydrogen-bond acceptors (Lipinski definition) is 6. The van der Waals surface area contributed by atoms with Crippen molar-refractivity contribution in [3.8, 4) is 6.07 Å². The fourth-order valence-corrected chi connectivity index (χ4v) is 3.63. The van der Waals surface area contributed by atoms with E-state index in [9.17, 15) is 18.4 Å². The molecule has 1 atom stereocenters. The average molecular weight is 429 g/mol. The van der Waals surface area contributed by atoms with Gasteiger partial charge in [0.15, 0.2) is 0 Å². The van der Waals surface area contributed by atoms with Crippen LogP contribution in [0, 0.1) is 25.2 Å². The Morgan fingerprint density at radius 1 is 1.45 bits per heavy atom. The molecule has 2 aromatic heterocycles. The normalized spacial score (nSPS) is 18.0. The molecule has 2 amide bonds. The van der Waals surface area contributed by atoms with Gasteiger partial charge in [-0.3, -0.25) is 14.6 Å². The van der Waals surface area contributed by atoms with Crippen LogP contribution in [0.5, 0.6) is 0 Å². The van der Waals surface area contributed by atoms with Crippen molar-refractivity contribution >= 4 is 23.5 Å². The first-order chi connectivity index (χ1) is 14.6. The van der Waals surface area contributed by atoms with Crippen LogP contribution in [0.2, 0.25) is 0 Å².